The molecule has 3 aliphatic rings. The number of fused-ring (bicyclic) bond motifs is 3. The van der Waals surface area contributed by atoms with E-state index >= 15 is 8.78 Å². The Labute approximate surface area is 261 Å². The van der Waals surface area contributed by atoms with Crippen LogP contribution in [0.25, 0.3) is 32.9 Å². The Bertz CT molecular complexity index is 1730. The zero-order chi connectivity index (χ0) is 31.1. The molecule has 3 saturated heterocycles. The molecule has 9 nitrogen and oxygen atoms in total. The van der Waals surface area contributed by atoms with Gasteiger partial charge < -0.3 is 24.2 Å². The Hall–Kier alpha value is -3.67. The molecule has 0 saturated carbocycles. The van der Waals surface area contributed by atoms with Gasteiger partial charge >= 0.3 is 6.01 Å². The maximum atomic E-state index is 16.9. The molecule has 238 valence electrons. The van der Waals surface area contributed by atoms with Crippen LogP contribution in [-0.2, 0) is 11.2 Å². The number of methoxy groups -OCH3 is 1. The third-order valence-electron chi connectivity index (χ3n) is 9.65. The van der Waals surface area contributed by atoms with Crippen LogP contribution >= 0.6 is 0 Å². The van der Waals surface area contributed by atoms with Crippen molar-refractivity contribution in [2.45, 2.75) is 63.5 Å². The summed E-state index contributed by atoms with van der Waals surface area (Å²) in [5.41, 5.74) is 0.762. The molecule has 0 amide bonds. The van der Waals surface area contributed by atoms with Gasteiger partial charge in [-0.15, -0.1) is 0 Å². The lowest BCUT2D eigenvalue weighted by Gasteiger charge is -2.31. The first-order chi connectivity index (χ1) is 21.9. The number of ether oxygens (including phenoxy) is 3. The van der Waals surface area contributed by atoms with Gasteiger partial charge in [0.25, 0.3) is 0 Å². The van der Waals surface area contributed by atoms with Gasteiger partial charge in [-0.1, -0.05) is 13.0 Å². The number of rotatable bonds is 9. The highest BCUT2D eigenvalue weighted by atomic mass is 19.1. The molecule has 45 heavy (non-hydrogen) atoms. The van der Waals surface area contributed by atoms with E-state index in [0.717, 1.165) is 51.7 Å². The summed E-state index contributed by atoms with van der Waals surface area (Å²) in [4.78, 5) is 18.5. The van der Waals surface area contributed by atoms with Gasteiger partial charge in [-0.3, -0.25) is 9.88 Å². The third-order valence-corrected chi connectivity index (χ3v) is 9.65. The predicted octanol–water partition coefficient (Wildman–Crippen LogP) is 5.64. The van der Waals surface area contributed by atoms with Crippen molar-refractivity contribution in [1.29, 1.82) is 0 Å². The second kappa shape index (κ2) is 12.3. The number of aliphatic hydroxyl groups is 1. The Morgan fingerprint density at radius 3 is 2.69 bits per heavy atom. The van der Waals surface area contributed by atoms with E-state index in [-0.39, 0.29) is 35.4 Å². The van der Waals surface area contributed by atoms with Crippen LogP contribution in [0.3, 0.4) is 0 Å². The van der Waals surface area contributed by atoms with Gasteiger partial charge in [0.1, 0.15) is 35.2 Å². The molecule has 0 unspecified atom stereocenters. The molecule has 2 aromatic carbocycles. The molecular formula is C34H39F2N5O4. The van der Waals surface area contributed by atoms with E-state index in [0.29, 0.717) is 64.8 Å². The van der Waals surface area contributed by atoms with Gasteiger partial charge in [-0.25, -0.2) is 8.78 Å². The van der Waals surface area contributed by atoms with Crippen molar-refractivity contribution in [3.8, 4) is 23.0 Å². The fraction of sp³-hybridized carbons (Fsp3) is 0.500. The van der Waals surface area contributed by atoms with Crippen LogP contribution in [0.1, 0.15) is 51.0 Å². The molecule has 0 radical (unpaired) electrons. The van der Waals surface area contributed by atoms with Gasteiger partial charge in [0.2, 0.25) is 0 Å². The number of aliphatic hydroxyl groups excluding tert-OH is 1. The molecule has 3 fully saturated rings. The molecule has 0 bridgehead atoms. The monoisotopic (exact) mass is 619 g/mol. The fourth-order valence-electron chi connectivity index (χ4n) is 7.54. The largest absolute Gasteiger partial charge is 0.468 e. The smallest absolute Gasteiger partial charge is 0.319 e. The number of β-amino-alcohol motifs (C(OH)–C–C–N with tert-alkyl or cyclic N) is 1. The molecule has 3 aliphatic heterocycles. The minimum Gasteiger partial charge on any atom is -0.468 e. The van der Waals surface area contributed by atoms with Gasteiger partial charge in [0.15, 0.2) is 12.6 Å². The van der Waals surface area contributed by atoms with Crippen LogP contribution in [0.4, 0.5) is 14.6 Å². The second-order valence-corrected chi connectivity index (χ2v) is 12.5. The predicted molar refractivity (Wildman–Crippen MR) is 168 cm³/mol. The summed E-state index contributed by atoms with van der Waals surface area (Å²) in [6.07, 6.45) is 7.38. The number of halogens is 2. The van der Waals surface area contributed by atoms with Crippen molar-refractivity contribution in [1.82, 2.24) is 19.9 Å². The van der Waals surface area contributed by atoms with Crippen LogP contribution in [0.15, 0.2) is 30.5 Å². The Kier molecular flexibility index (Phi) is 8.18. The average Bonchev–Trinajstić information content (AvgIpc) is 3.58. The normalized spacial score (nSPS) is 22.0. The van der Waals surface area contributed by atoms with Crippen LogP contribution in [0.2, 0.25) is 0 Å². The maximum Gasteiger partial charge on any atom is 0.319 e. The van der Waals surface area contributed by atoms with Gasteiger partial charge in [0.05, 0.1) is 17.0 Å². The van der Waals surface area contributed by atoms with Crippen molar-refractivity contribution in [2.24, 2.45) is 0 Å². The minimum absolute atomic E-state index is 0.00345. The van der Waals surface area contributed by atoms with Crippen LogP contribution < -0.4 is 14.4 Å². The van der Waals surface area contributed by atoms with Crippen molar-refractivity contribution in [3.63, 3.8) is 0 Å². The molecule has 0 aliphatic carbocycles. The first-order valence-corrected chi connectivity index (χ1v) is 15.9. The Morgan fingerprint density at radius 1 is 1.04 bits per heavy atom. The van der Waals surface area contributed by atoms with Crippen LogP contribution in [0.5, 0.6) is 11.8 Å². The molecule has 7 rings (SSSR count). The first-order valence-electron chi connectivity index (χ1n) is 15.9. The van der Waals surface area contributed by atoms with Gasteiger partial charge in [0, 0.05) is 38.5 Å². The molecule has 0 spiro atoms. The SMILES string of the molecule is CCc1c(F)ccc2cc(OCOC)cc(-c3ncc4c(N5CCCCC5)nc(OC[C@@]56CCCN5C[C@H](O)C6)nc4c3F)c12. The van der Waals surface area contributed by atoms with Crippen molar-refractivity contribution >= 4 is 27.5 Å². The van der Waals surface area contributed by atoms with E-state index in [1.54, 1.807) is 24.4 Å². The van der Waals surface area contributed by atoms with Crippen molar-refractivity contribution in [2.75, 3.05) is 51.6 Å². The minimum atomic E-state index is -0.633. The Balaban J connectivity index is 1.37. The summed E-state index contributed by atoms with van der Waals surface area (Å²) in [5.74, 6) is 0.0589. The molecule has 2 aromatic heterocycles. The summed E-state index contributed by atoms with van der Waals surface area (Å²) in [5, 5.41) is 12.2. The van der Waals surface area contributed by atoms with E-state index < -0.39 is 11.9 Å². The first kappa shape index (κ1) is 30.0. The fourth-order valence-corrected chi connectivity index (χ4v) is 7.54. The van der Waals surface area contributed by atoms with Gasteiger partial charge in [-0.2, -0.15) is 9.97 Å². The number of hydrogen-bond donors (Lipinski definition) is 1. The standard InChI is InChI=1S/C34H39F2N5O4/c1-3-24-27(35)9-8-21-14-23(45-20-43-2)15-25(28(21)24)30-29(36)31-26(17-37-30)32(40-11-5-4-6-12-40)39-33(38-31)44-19-34-10-7-13-41(34)18-22(42)16-34/h8-9,14-15,17,22,42H,3-7,10-13,16,18-20H2,1-2H3/t22-,34+/m1/s1. The summed E-state index contributed by atoms with van der Waals surface area (Å²) in [7, 11) is 1.52. The highest BCUT2D eigenvalue weighted by Crippen LogP contribution is 2.41. The quantitative estimate of drug-likeness (QED) is 0.239. The highest BCUT2D eigenvalue weighted by Gasteiger charge is 2.48. The van der Waals surface area contributed by atoms with Crippen molar-refractivity contribution < 1.29 is 28.1 Å². The summed E-state index contributed by atoms with van der Waals surface area (Å²) >= 11 is 0. The molecule has 1 N–H and O–H groups in total. The summed E-state index contributed by atoms with van der Waals surface area (Å²) < 4.78 is 49.1. The number of piperidine rings is 1. The summed E-state index contributed by atoms with van der Waals surface area (Å²) in [6, 6.07) is 6.67. The number of pyridine rings is 1. The molecule has 5 heterocycles. The zero-order valence-corrected chi connectivity index (χ0v) is 25.8. The van der Waals surface area contributed by atoms with Crippen molar-refractivity contribution in [3.05, 3.63) is 47.7 Å². The second-order valence-electron chi connectivity index (χ2n) is 12.5. The summed E-state index contributed by atoms with van der Waals surface area (Å²) in [6.45, 7) is 5.33. The number of aromatic nitrogens is 3. The van der Waals surface area contributed by atoms with Crippen LogP contribution in [0, 0.1) is 11.6 Å². The lowest BCUT2D eigenvalue weighted by atomic mass is 9.94. The van der Waals surface area contributed by atoms with E-state index in [1.165, 1.54) is 13.2 Å². The molecular weight excluding hydrogens is 580 g/mol. The number of benzene rings is 2. The topological polar surface area (TPSA) is 93.1 Å². The Morgan fingerprint density at radius 2 is 1.89 bits per heavy atom. The maximum absolute atomic E-state index is 16.9. The third kappa shape index (κ3) is 5.44. The van der Waals surface area contributed by atoms with E-state index in [1.807, 2.05) is 6.92 Å². The van der Waals surface area contributed by atoms with Gasteiger partial charge in [-0.05, 0) is 86.0 Å². The number of nitrogens with zero attached hydrogens (tertiary/aromatic N) is 5. The van der Waals surface area contributed by atoms with E-state index in [9.17, 15) is 5.11 Å². The number of anilines is 1. The molecule has 11 heteroatoms. The van der Waals surface area contributed by atoms with E-state index in [4.69, 9.17) is 19.2 Å². The number of hydrogen-bond acceptors (Lipinski definition) is 9. The zero-order valence-electron chi connectivity index (χ0n) is 25.8. The van der Waals surface area contributed by atoms with E-state index in [2.05, 4.69) is 19.8 Å². The number of aryl methyl sites for hydroxylation is 1. The lowest BCUT2D eigenvalue weighted by molar-refractivity contribution is 0.0512. The average molecular weight is 620 g/mol. The highest BCUT2D eigenvalue weighted by molar-refractivity contribution is 6.01. The van der Waals surface area contributed by atoms with Crippen LogP contribution in [-0.4, -0.2) is 83.3 Å². The lowest BCUT2D eigenvalue weighted by Crippen LogP contribution is -2.43. The molecule has 4 aromatic rings. The molecule has 2 atom stereocenters.